The first-order valence-electron chi connectivity index (χ1n) is 6.29. The first kappa shape index (κ1) is 13.0. The van der Waals surface area contributed by atoms with Gasteiger partial charge in [-0.25, -0.2) is 4.98 Å². The Kier molecular flexibility index (Phi) is 2.72. The zero-order chi connectivity index (χ0) is 13.8. The predicted molar refractivity (Wildman–Crippen MR) is 76.8 cm³/mol. The maximum absolute atomic E-state index is 6.06. The van der Waals surface area contributed by atoms with Crippen LogP contribution >= 0.6 is 11.6 Å². The highest BCUT2D eigenvalue weighted by Gasteiger charge is 2.52. The van der Waals surface area contributed by atoms with Gasteiger partial charge in [-0.05, 0) is 45.3 Å². The summed E-state index contributed by atoms with van der Waals surface area (Å²) in [5.41, 5.74) is 0.929. The topological polar surface area (TPSA) is 47.1 Å². The largest absolute Gasteiger partial charge is 0.495 e. The van der Waals surface area contributed by atoms with Crippen LogP contribution in [-0.2, 0) is 9.31 Å². The molecule has 1 N–H and O–H groups in total. The number of halogens is 1. The second kappa shape index (κ2) is 3.98. The summed E-state index contributed by atoms with van der Waals surface area (Å²) >= 11 is 6.06. The van der Waals surface area contributed by atoms with Crippen LogP contribution < -0.4 is 5.46 Å². The maximum Gasteiger partial charge on any atom is 0.495 e. The van der Waals surface area contributed by atoms with Gasteiger partial charge in [0.25, 0.3) is 0 Å². The lowest BCUT2D eigenvalue weighted by Crippen LogP contribution is -2.41. The minimum absolute atomic E-state index is 0.365. The second-order valence-corrected chi connectivity index (χ2v) is 6.25. The van der Waals surface area contributed by atoms with Crippen LogP contribution in [0, 0.1) is 0 Å². The van der Waals surface area contributed by atoms with Gasteiger partial charge in [0.2, 0.25) is 0 Å². The van der Waals surface area contributed by atoms with Crippen LogP contribution in [0.2, 0.25) is 5.15 Å². The van der Waals surface area contributed by atoms with E-state index >= 15 is 0 Å². The standard InChI is InChI=1S/C13H16BClN2O2/c1-12(2)13(3,4)19-14(18-12)9-7-10(15)17-11-8(9)5-6-16-11/h5-7H,1-4H3,(H,16,17). The highest BCUT2D eigenvalue weighted by atomic mass is 35.5. The van der Waals surface area contributed by atoms with Crippen LogP contribution in [0.25, 0.3) is 11.0 Å². The summed E-state index contributed by atoms with van der Waals surface area (Å²) < 4.78 is 12.1. The third kappa shape index (κ3) is 1.97. The van der Waals surface area contributed by atoms with Gasteiger partial charge in [0.15, 0.2) is 0 Å². The van der Waals surface area contributed by atoms with E-state index in [0.717, 1.165) is 16.5 Å². The molecule has 4 nitrogen and oxygen atoms in total. The molecule has 1 fully saturated rings. The number of aromatic amines is 1. The normalized spacial score (nSPS) is 21.2. The lowest BCUT2D eigenvalue weighted by molar-refractivity contribution is 0.00578. The third-order valence-corrected chi connectivity index (χ3v) is 4.23. The molecule has 6 heteroatoms. The van der Waals surface area contributed by atoms with Gasteiger partial charge in [-0.3, -0.25) is 0 Å². The van der Waals surface area contributed by atoms with E-state index < -0.39 is 7.12 Å². The molecule has 0 atom stereocenters. The van der Waals surface area contributed by atoms with Gasteiger partial charge in [-0.1, -0.05) is 11.6 Å². The van der Waals surface area contributed by atoms with Crippen molar-refractivity contribution in [1.82, 2.24) is 9.97 Å². The number of H-pyrrole nitrogens is 1. The molecule has 1 saturated heterocycles. The van der Waals surface area contributed by atoms with Crippen LogP contribution in [0.3, 0.4) is 0 Å². The highest BCUT2D eigenvalue weighted by molar-refractivity contribution is 6.65. The molecule has 0 aromatic carbocycles. The fourth-order valence-corrected chi connectivity index (χ4v) is 2.40. The lowest BCUT2D eigenvalue weighted by atomic mass is 9.78. The number of fused-ring (bicyclic) bond motifs is 1. The first-order chi connectivity index (χ1) is 8.80. The van der Waals surface area contributed by atoms with Crippen LogP contribution in [0.4, 0.5) is 0 Å². The molecule has 1 aliphatic heterocycles. The number of rotatable bonds is 1. The predicted octanol–water partition coefficient (Wildman–Crippen LogP) is 2.52. The number of nitrogens with one attached hydrogen (secondary N) is 1. The number of hydrogen-bond acceptors (Lipinski definition) is 3. The van der Waals surface area contributed by atoms with E-state index in [9.17, 15) is 0 Å². The van der Waals surface area contributed by atoms with Gasteiger partial charge in [0.1, 0.15) is 10.8 Å². The Balaban J connectivity index is 2.09. The number of hydrogen-bond donors (Lipinski definition) is 1. The maximum atomic E-state index is 6.06. The van der Waals surface area contributed by atoms with Crippen molar-refractivity contribution in [2.24, 2.45) is 0 Å². The smallest absolute Gasteiger partial charge is 0.399 e. The van der Waals surface area contributed by atoms with Gasteiger partial charge in [0.05, 0.1) is 11.2 Å². The third-order valence-electron chi connectivity index (χ3n) is 4.04. The van der Waals surface area contributed by atoms with Crippen molar-refractivity contribution in [1.29, 1.82) is 0 Å². The summed E-state index contributed by atoms with van der Waals surface area (Å²) in [5.74, 6) is 0. The molecule has 3 rings (SSSR count). The van der Waals surface area contributed by atoms with Gasteiger partial charge >= 0.3 is 7.12 Å². The number of nitrogens with zero attached hydrogens (tertiary/aromatic N) is 1. The molecule has 100 valence electrons. The molecule has 2 aromatic rings. The summed E-state index contributed by atoms with van der Waals surface area (Å²) in [6.07, 6.45) is 1.84. The van der Waals surface area contributed by atoms with E-state index in [4.69, 9.17) is 20.9 Å². The fraction of sp³-hybridized carbons (Fsp3) is 0.462. The quantitative estimate of drug-likeness (QED) is 0.644. The zero-order valence-electron chi connectivity index (χ0n) is 11.5. The van der Waals surface area contributed by atoms with Crippen molar-refractivity contribution in [2.45, 2.75) is 38.9 Å². The second-order valence-electron chi connectivity index (χ2n) is 5.86. The molecule has 0 saturated carbocycles. The van der Waals surface area contributed by atoms with Crippen molar-refractivity contribution < 1.29 is 9.31 Å². The first-order valence-corrected chi connectivity index (χ1v) is 6.67. The minimum Gasteiger partial charge on any atom is -0.399 e. The summed E-state index contributed by atoms with van der Waals surface area (Å²) in [5, 5.41) is 1.41. The molecule has 2 aromatic heterocycles. The van der Waals surface area contributed by atoms with Crippen LogP contribution in [0.5, 0.6) is 0 Å². The van der Waals surface area contributed by atoms with Crippen LogP contribution in [0.1, 0.15) is 27.7 Å². The van der Waals surface area contributed by atoms with E-state index in [1.54, 1.807) is 6.07 Å². The zero-order valence-corrected chi connectivity index (χ0v) is 12.2. The monoisotopic (exact) mass is 278 g/mol. The van der Waals surface area contributed by atoms with Crippen molar-refractivity contribution in [2.75, 3.05) is 0 Å². The van der Waals surface area contributed by atoms with Gasteiger partial charge in [-0.2, -0.15) is 0 Å². The molecule has 19 heavy (non-hydrogen) atoms. The molecule has 3 heterocycles. The minimum atomic E-state index is -0.427. The molecular formula is C13H16BClN2O2. The Bertz CT molecular complexity index is 623. The van der Waals surface area contributed by atoms with Gasteiger partial charge in [0, 0.05) is 11.6 Å². The SMILES string of the molecule is CC1(C)OB(c2cc(Cl)nc3[nH]ccc23)OC1(C)C. The number of aromatic nitrogens is 2. The van der Waals surface area contributed by atoms with Crippen molar-refractivity contribution in [3.63, 3.8) is 0 Å². The Morgan fingerprint density at radius 3 is 2.47 bits per heavy atom. The molecule has 0 spiro atoms. The molecule has 0 radical (unpaired) electrons. The lowest BCUT2D eigenvalue weighted by Gasteiger charge is -2.32. The van der Waals surface area contributed by atoms with Crippen LogP contribution in [0.15, 0.2) is 18.3 Å². The average Bonchev–Trinajstić information content (AvgIpc) is 2.80. The fourth-order valence-electron chi connectivity index (χ4n) is 2.20. The average molecular weight is 279 g/mol. The van der Waals surface area contributed by atoms with Gasteiger partial charge < -0.3 is 14.3 Å². The molecular weight excluding hydrogens is 262 g/mol. The Morgan fingerprint density at radius 1 is 1.21 bits per heavy atom. The molecule has 1 aliphatic rings. The molecule has 0 aliphatic carbocycles. The Labute approximate surface area is 117 Å². The summed E-state index contributed by atoms with van der Waals surface area (Å²) in [6, 6.07) is 3.76. The molecule has 0 unspecified atom stereocenters. The van der Waals surface area contributed by atoms with Crippen LogP contribution in [-0.4, -0.2) is 28.3 Å². The summed E-state index contributed by atoms with van der Waals surface area (Å²) in [7, 11) is -0.427. The van der Waals surface area contributed by atoms with Crippen molar-refractivity contribution in [3.05, 3.63) is 23.5 Å². The van der Waals surface area contributed by atoms with Crippen molar-refractivity contribution in [3.8, 4) is 0 Å². The Morgan fingerprint density at radius 2 is 1.84 bits per heavy atom. The van der Waals surface area contributed by atoms with E-state index in [1.807, 2.05) is 40.0 Å². The molecule has 0 bridgehead atoms. The van der Waals surface area contributed by atoms with E-state index in [1.165, 1.54) is 0 Å². The van der Waals surface area contributed by atoms with E-state index in [0.29, 0.717) is 5.15 Å². The summed E-state index contributed by atoms with van der Waals surface area (Å²) in [4.78, 5) is 7.30. The Hall–Kier alpha value is -1.04. The van der Waals surface area contributed by atoms with E-state index in [2.05, 4.69) is 9.97 Å². The van der Waals surface area contributed by atoms with Crippen molar-refractivity contribution >= 4 is 35.2 Å². The summed E-state index contributed by atoms with van der Waals surface area (Å²) in [6.45, 7) is 8.13. The highest BCUT2D eigenvalue weighted by Crippen LogP contribution is 2.37. The van der Waals surface area contributed by atoms with E-state index in [-0.39, 0.29) is 11.2 Å². The number of pyridine rings is 1. The molecule has 0 amide bonds. The van der Waals surface area contributed by atoms with Gasteiger partial charge in [-0.15, -0.1) is 0 Å².